The Morgan fingerprint density at radius 2 is 1.76 bits per heavy atom. The summed E-state index contributed by atoms with van der Waals surface area (Å²) in [4.78, 5) is 19.1. The smallest absolute Gasteiger partial charge is 0.323 e. The number of likely N-dealkylation sites (N-methyl/N-ethyl adjacent to an activating group) is 1. The number of aryl methyl sites for hydroxylation is 1. The highest BCUT2D eigenvalue weighted by Crippen LogP contribution is 2.21. The van der Waals surface area contributed by atoms with Crippen molar-refractivity contribution in [3.8, 4) is 5.75 Å². The zero-order valence-corrected chi connectivity index (χ0v) is 17.7. The minimum Gasteiger partial charge on any atom is -0.491 e. The minimum atomic E-state index is -0.300. The summed E-state index contributed by atoms with van der Waals surface area (Å²) in [6.07, 6.45) is 0.113. The molecular weight excluding hydrogens is 366 g/mol. The van der Waals surface area contributed by atoms with Crippen LogP contribution in [-0.4, -0.2) is 47.2 Å². The molecule has 7 nitrogen and oxygen atoms in total. The highest BCUT2D eigenvalue weighted by atomic mass is 16.5. The first-order valence-corrected chi connectivity index (χ1v) is 9.78. The van der Waals surface area contributed by atoms with Crippen molar-refractivity contribution >= 4 is 28.4 Å². The van der Waals surface area contributed by atoms with Crippen molar-refractivity contribution in [1.29, 1.82) is 0 Å². The van der Waals surface area contributed by atoms with E-state index in [0.29, 0.717) is 11.4 Å². The molecule has 1 aromatic heterocycles. The van der Waals surface area contributed by atoms with Gasteiger partial charge in [-0.25, -0.2) is 9.78 Å². The van der Waals surface area contributed by atoms with E-state index < -0.39 is 0 Å². The first-order valence-electron chi connectivity index (χ1n) is 9.78. The van der Waals surface area contributed by atoms with Gasteiger partial charge in [0.05, 0.1) is 17.1 Å². The molecular formula is C22H29N5O2. The third-order valence-electron chi connectivity index (χ3n) is 4.45. The fourth-order valence-electron chi connectivity index (χ4n) is 3.09. The molecule has 0 radical (unpaired) electrons. The number of nitrogens with zero attached hydrogens (tertiary/aromatic N) is 3. The lowest BCUT2D eigenvalue weighted by Crippen LogP contribution is -2.19. The van der Waals surface area contributed by atoms with Crippen LogP contribution in [0.25, 0.3) is 11.0 Å². The van der Waals surface area contributed by atoms with Crippen molar-refractivity contribution in [2.24, 2.45) is 0 Å². The summed E-state index contributed by atoms with van der Waals surface area (Å²) in [6.45, 7) is 7.77. The summed E-state index contributed by atoms with van der Waals surface area (Å²) in [5.74, 6) is 1.74. The van der Waals surface area contributed by atoms with E-state index in [-0.39, 0.29) is 12.1 Å². The van der Waals surface area contributed by atoms with E-state index in [1.807, 2.05) is 63.2 Å². The molecule has 0 aliphatic rings. The molecule has 0 spiro atoms. The van der Waals surface area contributed by atoms with Crippen molar-refractivity contribution in [1.82, 2.24) is 14.5 Å². The zero-order chi connectivity index (χ0) is 21.0. The summed E-state index contributed by atoms with van der Waals surface area (Å²) >= 11 is 0. The van der Waals surface area contributed by atoms with Gasteiger partial charge in [-0.3, -0.25) is 0 Å². The number of carbonyl (C=O) groups is 1. The molecule has 0 saturated carbocycles. The largest absolute Gasteiger partial charge is 0.491 e. The molecule has 1 heterocycles. The molecule has 2 aromatic carbocycles. The third-order valence-corrected chi connectivity index (χ3v) is 4.45. The second-order valence-electron chi connectivity index (χ2n) is 7.59. The van der Waals surface area contributed by atoms with Crippen LogP contribution in [0.2, 0.25) is 0 Å². The molecule has 0 fully saturated rings. The van der Waals surface area contributed by atoms with Gasteiger partial charge in [-0.2, -0.15) is 0 Å². The Kier molecular flexibility index (Phi) is 6.39. The van der Waals surface area contributed by atoms with Crippen LogP contribution < -0.4 is 15.4 Å². The van der Waals surface area contributed by atoms with Crippen LogP contribution in [0.15, 0.2) is 42.5 Å². The summed E-state index contributed by atoms with van der Waals surface area (Å²) in [7, 11) is 4.11. The molecule has 29 heavy (non-hydrogen) atoms. The summed E-state index contributed by atoms with van der Waals surface area (Å²) in [6, 6.07) is 12.8. The molecule has 7 heteroatoms. The fourth-order valence-corrected chi connectivity index (χ4v) is 3.09. The number of imidazole rings is 1. The quantitative estimate of drug-likeness (QED) is 0.624. The van der Waals surface area contributed by atoms with Crippen LogP contribution in [0.1, 0.15) is 19.7 Å². The highest BCUT2D eigenvalue weighted by molar-refractivity contribution is 6.00. The fraction of sp³-hybridized carbons (Fsp3) is 0.364. The molecule has 0 bridgehead atoms. The van der Waals surface area contributed by atoms with E-state index in [1.54, 1.807) is 0 Å². The maximum absolute atomic E-state index is 12.3. The molecule has 0 aliphatic heterocycles. The van der Waals surface area contributed by atoms with Crippen LogP contribution in [0.3, 0.4) is 0 Å². The Morgan fingerprint density at radius 3 is 2.41 bits per heavy atom. The Bertz CT molecular complexity index is 977. The van der Waals surface area contributed by atoms with Crippen molar-refractivity contribution in [2.45, 2.75) is 33.4 Å². The molecule has 2 N–H and O–H groups in total. The van der Waals surface area contributed by atoms with E-state index >= 15 is 0 Å². The number of amides is 2. The second-order valence-corrected chi connectivity index (χ2v) is 7.59. The van der Waals surface area contributed by atoms with E-state index in [2.05, 4.69) is 39.2 Å². The van der Waals surface area contributed by atoms with Gasteiger partial charge < -0.3 is 24.8 Å². The Morgan fingerprint density at radius 1 is 1.10 bits per heavy atom. The molecule has 0 saturated heterocycles. The van der Waals surface area contributed by atoms with Crippen molar-refractivity contribution < 1.29 is 9.53 Å². The van der Waals surface area contributed by atoms with E-state index in [0.717, 1.165) is 35.7 Å². The number of carbonyl (C=O) groups excluding carboxylic acids is 1. The number of hydrogen-bond donors (Lipinski definition) is 2. The Labute approximate surface area is 171 Å². The van der Waals surface area contributed by atoms with Crippen LogP contribution >= 0.6 is 0 Å². The highest BCUT2D eigenvalue weighted by Gasteiger charge is 2.10. The monoisotopic (exact) mass is 395 g/mol. The number of nitrogens with one attached hydrogen (secondary N) is 2. The van der Waals surface area contributed by atoms with Gasteiger partial charge in [0.1, 0.15) is 11.6 Å². The predicted octanol–water partition coefficient (Wildman–Crippen LogP) is 4.34. The SMILES string of the molecule is Cc1nc2cc(NC(=O)Nc3ccc(OC(C)C)cc3)ccc2n1CCN(C)C. The van der Waals surface area contributed by atoms with Gasteiger partial charge >= 0.3 is 6.03 Å². The molecule has 0 unspecified atom stereocenters. The van der Waals surface area contributed by atoms with E-state index in [4.69, 9.17) is 4.74 Å². The topological polar surface area (TPSA) is 71.4 Å². The molecule has 0 aliphatic carbocycles. The molecule has 154 valence electrons. The third kappa shape index (κ3) is 5.48. The van der Waals surface area contributed by atoms with Crippen LogP contribution in [0, 0.1) is 6.92 Å². The standard InChI is InChI=1S/C22H29N5O2/c1-15(2)29-19-9-6-17(7-10-19)24-22(28)25-18-8-11-21-20(14-18)23-16(3)27(21)13-12-26(4)5/h6-11,14-15H,12-13H2,1-5H3,(H2,24,25,28). The lowest BCUT2D eigenvalue weighted by molar-refractivity contribution is 0.242. The number of ether oxygens (including phenoxy) is 1. The maximum atomic E-state index is 12.3. The number of fused-ring (bicyclic) bond motifs is 1. The van der Waals surface area contributed by atoms with Gasteiger partial charge in [-0.15, -0.1) is 0 Å². The van der Waals surface area contributed by atoms with Gasteiger partial charge in [0.2, 0.25) is 0 Å². The van der Waals surface area contributed by atoms with Gasteiger partial charge in [0.25, 0.3) is 0 Å². The van der Waals surface area contributed by atoms with Crippen LogP contribution in [0.5, 0.6) is 5.75 Å². The van der Waals surface area contributed by atoms with Crippen molar-refractivity contribution in [3.05, 3.63) is 48.3 Å². The van der Waals surface area contributed by atoms with E-state index in [9.17, 15) is 4.79 Å². The van der Waals surface area contributed by atoms with Gasteiger partial charge in [0, 0.05) is 24.5 Å². The van der Waals surface area contributed by atoms with Crippen molar-refractivity contribution in [2.75, 3.05) is 31.3 Å². The van der Waals surface area contributed by atoms with Gasteiger partial charge in [-0.05, 0) is 77.3 Å². The average Bonchev–Trinajstić information content (AvgIpc) is 2.95. The van der Waals surface area contributed by atoms with Gasteiger partial charge in [-0.1, -0.05) is 0 Å². The van der Waals surface area contributed by atoms with E-state index in [1.165, 1.54) is 0 Å². The normalized spacial score (nSPS) is 11.3. The predicted molar refractivity (Wildman–Crippen MR) is 118 cm³/mol. The molecule has 2 amide bonds. The second kappa shape index (κ2) is 8.96. The average molecular weight is 396 g/mol. The number of urea groups is 1. The number of hydrogen-bond acceptors (Lipinski definition) is 4. The van der Waals surface area contributed by atoms with Crippen LogP contribution in [-0.2, 0) is 6.54 Å². The Hall–Kier alpha value is -3.06. The summed E-state index contributed by atoms with van der Waals surface area (Å²) in [5.41, 5.74) is 3.33. The maximum Gasteiger partial charge on any atom is 0.323 e. The molecule has 0 atom stereocenters. The summed E-state index contributed by atoms with van der Waals surface area (Å²) in [5, 5.41) is 5.70. The first-order chi connectivity index (χ1) is 13.8. The lowest BCUT2D eigenvalue weighted by Gasteiger charge is -2.12. The zero-order valence-electron chi connectivity index (χ0n) is 17.7. The van der Waals surface area contributed by atoms with Crippen LogP contribution in [0.4, 0.5) is 16.2 Å². The number of aromatic nitrogens is 2. The first kappa shape index (κ1) is 20.7. The number of benzene rings is 2. The minimum absolute atomic E-state index is 0.113. The number of rotatable bonds is 7. The Balaban J connectivity index is 1.65. The van der Waals surface area contributed by atoms with Gasteiger partial charge in [0.15, 0.2) is 0 Å². The lowest BCUT2D eigenvalue weighted by atomic mass is 10.2. The van der Waals surface area contributed by atoms with Crippen molar-refractivity contribution in [3.63, 3.8) is 0 Å². The summed E-state index contributed by atoms with van der Waals surface area (Å²) < 4.78 is 7.81. The molecule has 3 aromatic rings. The number of anilines is 2. The molecule has 3 rings (SSSR count).